The second-order valence-electron chi connectivity index (χ2n) is 7.43. The van der Waals surface area contributed by atoms with Crippen LogP contribution in [0.2, 0.25) is 0 Å². The van der Waals surface area contributed by atoms with Gasteiger partial charge < -0.3 is 10.2 Å². The van der Waals surface area contributed by atoms with E-state index in [0.717, 1.165) is 34.5 Å². The van der Waals surface area contributed by atoms with Gasteiger partial charge in [0.25, 0.3) is 5.91 Å². The Morgan fingerprint density at radius 2 is 2.04 bits per heavy atom. The first kappa shape index (κ1) is 18.6. The molecule has 0 bridgehead atoms. The van der Waals surface area contributed by atoms with E-state index in [2.05, 4.69) is 12.2 Å². The van der Waals surface area contributed by atoms with Crippen molar-refractivity contribution in [3.8, 4) is 0 Å². The quantitative estimate of drug-likeness (QED) is 0.877. The molecule has 2 aromatic rings. The fourth-order valence-corrected chi connectivity index (χ4v) is 4.55. The van der Waals surface area contributed by atoms with Crippen LogP contribution < -0.4 is 5.32 Å². The van der Waals surface area contributed by atoms with Gasteiger partial charge in [0.1, 0.15) is 0 Å². The summed E-state index contributed by atoms with van der Waals surface area (Å²) in [5.74, 6) is 0.429. The molecule has 1 aromatic carbocycles. The second kappa shape index (κ2) is 7.62. The minimum Gasteiger partial charge on any atom is -0.332 e. The lowest BCUT2D eigenvalue weighted by molar-refractivity contribution is -0.116. The third kappa shape index (κ3) is 4.15. The van der Waals surface area contributed by atoms with Crippen LogP contribution in [0.5, 0.6) is 0 Å². The van der Waals surface area contributed by atoms with Crippen LogP contribution in [0.3, 0.4) is 0 Å². The van der Waals surface area contributed by atoms with Crippen molar-refractivity contribution in [2.45, 2.75) is 40.0 Å². The van der Waals surface area contributed by atoms with Crippen LogP contribution in [0.15, 0.2) is 24.3 Å². The molecule has 138 valence electrons. The smallest absolute Gasteiger partial charge is 0.264 e. The number of hydrogen-bond acceptors (Lipinski definition) is 3. The molecule has 0 radical (unpaired) electrons. The molecule has 5 heteroatoms. The van der Waals surface area contributed by atoms with E-state index in [4.69, 9.17) is 0 Å². The Kier molecular flexibility index (Phi) is 5.47. The average molecular weight is 371 g/mol. The summed E-state index contributed by atoms with van der Waals surface area (Å²) in [7, 11) is 1.69. The van der Waals surface area contributed by atoms with E-state index in [1.54, 1.807) is 18.4 Å². The van der Waals surface area contributed by atoms with Crippen LogP contribution in [0.25, 0.3) is 0 Å². The Bertz CT molecular complexity index is 841. The fourth-order valence-electron chi connectivity index (χ4n) is 3.35. The Hall–Kier alpha value is -2.14. The van der Waals surface area contributed by atoms with Crippen molar-refractivity contribution in [1.82, 2.24) is 4.90 Å². The standard InChI is InChI=1S/C21H26N2O2S/c1-13-6-8-18-16(9-13)11-19(26-18)21(25)23(4)12-20(24)22-17-10-14(2)5-7-15(17)3/h5,7,10-11,13H,6,8-9,12H2,1-4H3,(H,22,24)/t13-/m0/s1. The summed E-state index contributed by atoms with van der Waals surface area (Å²) in [4.78, 5) is 28.6. The number of benzene rings is 1. The third-order valence-corrected chi connectivity index (χ3v) is 6.16. The number of nitrogens with one attached hydrogen (secondary N) is 1. The van der Waals surface area contributed by atoms with Gasteiger partial charge in [0, 0.05) is 17.6 Å². The first-order valence-electron chi connectivity index (χ1n) is 9.07. The maximum absolute atomic E-state index is 12.7. The van der Waals surface area contributed by atoms with E-state index in [0.29, 0.717) is 5.92 Å². The summed E-state index contributed by atoms with van der Waals surface area (Å²) >= 11 is 1.59. The van der Waals surface area contributed by atoms with Gasteiger partial charge in [-0.3, -0.25) is 9.59 Å². The van der Waals surface area contributed by atoms with Gasteiger partial charge in [-0.1, -0.05) is 19.1 Å². The van der Waals surface area contributed by atoms with Crippen molar-refractivity contribution < 1.29 is 9.59 Å². The zero-order valence-corrected chi connectivity index (χ0v) is 16.7. The first-order valence-corrected chi connectivity index (χ1v) is 9.89. The zero-order chi connectivity index (χ0) is 18.8. The number of rotatable bonds is 4. The highest BCUT2D eigenvalue weighted by atomic mass is 32.1. The maximum Gasteiger partial charge on any atom is 0.264 e. The van der Waals surface area contributed by atoms with Crippen molar-refractivity contribution >= 4 is 28.8 Å². The molecule has 1 aliphatic carbocycles. The Balaban J connectivity index is 1.64. The number of carbonyl (C=O) groups excluding carboxylic acids is 2. The zero-order valence-electron chi connectivity index (χ0n) is 15.9. The monoisotopic (exact) mass is 370 g/mol. The normalized spacial score (nSPS) is 16.1. The van der Waals surface area contributed by atoms with Crippen LogP contribution >= 0.6 is 11.3 Å². The Morgan fingerprint density at radius 3 is 2.81 bits per heavy atom. The highest BCUT2D eigenvalue weighted by molar-refractivity contribution is 7.14. The van der Waals surface area contributed by atoms with Crippen molar-refractivity contribution in [1.29, 1.82) is 0 Å². The minimum absolute atomic E-state index is 0.0468. The minimum atomic E-state index is -0.176. The molecule has 26 heavy (non-hydrogen) atoms. The first-order chi connectivity index (χ1) is 12.3. The van der Waals surface area contributed by atoms with Crippen LogP contribution in [-0.4, -0.2) is 30.3 Å². The van der Waals surface area contributed by atoms with Gasteiger partial charge in [-0.05, 0) is 67.9 Å². The summed E-state index contributed by atoms with van der Waals surface area (Å²) in [6.45, 7) is 6.25. The molecule has 0 saturated carbocycles. The Morgan fingerprint density at radius 1 is 1.27 bits per heavy atom. The molecule has 0 unspecified atom stereocenters. The SMILES string of the molecule is Cc1ccc(C)c(NC(=O)CN(C)C(=O)c2cc3c(s2)CC[C@H](C)C3)c1. The van der Waals surface area contributed by atoms with E-state index in [-0.39, 0.29) is 18.4 Å². The highest BCUT2D eigenvalue weighted by Gasteiger charge is 2.23. The van der Waals surface area contributed by atoms with Gasteiger partial charge in [-0.25, -0.2) is 0 Å². The number of thiophene rings is 1. The summed E-state index contributed by atoms with van der Waals surface area (Å²) in [6, 6.07) is 7.97. The van der Waals surface area contributed by atoms with Gasteiger partial charge in [0.2, 0.25) is 5.91 Å². The topological polar surface area (TPSA) is 49.4 Å². The number of carbonyl (C=O) groups is 2. The average Bonchev–Trinajstić information content (AvgIpc) is 3.00. The molecule has 1 N–H and O–H groups in total. The molecule has 1 aliphatic rings. The van der Waals surface area contributed by atoms with Gasteiger partial charge in [-0.15, -0.1) is 11.3 Å². The van der Waals surface area contributed by atoms with E-state index >= 15 is 0 Å². The van der Waals surface area contributed by atoms with E-state index in [9.17, 15) is 9.59 Å². The molecule has 0 aliphatic heterocycles. The predicted molar refractivity (Wildman–Crippen MR) is 107 cm³/mol. The maximum atomic E-state index is 12.7. The molecule has 0 spiro atoms. The van der Waals surface area contributed by atoms with E-state index in [1.165, 1.54) is 21.8 Å². The number of nitrogens with zero attached hydrogens (tertiary/aromatic N) is 1. The predicted octanol–water partition coefficient (Wildman–Crippen LogP) is 4.20. The lowest BCUT2D eigenvalue weighted by atomic mass is 9.90. The number of hydrogen-bond donors (Lipinski definition) is 1. The second-order valence-corrected chi connectivity index (χ2v) is 8.57. The summed E-state index contributed by atoms with van der Waals surface area (Å²) in [6.07, 6.45) is 3.30. The molecule has 1 aromatic heterocycles. The molecular weight excluding hydrogens is 344 g/mol. The molecule has 3 rings (SSSR count). The van der Waals surface area contributed by atoms with Gasteiger partial charge in [0.05, 0.1) is 11.4 Å². The van der Waals surface area contributed by atoms with Crippen molar-refractivity contribution in [3.05, 3.63) is 50.7 Å². The Labute approximate surface area is 159 Å². The lowest BCUT2D eigenvalue weighted by Crippen LogP contribution is -2.34. The lowest BCUT2D eigenvalue weighted by Gasteiger charge is -2.17. The number of amides is 2. The van der Waals surface area contributed by atoms with Crippen molar-refractivity contribution in [3.63, 3.8) is 0 Å². The summed E-state index contributed by atoms with van der Waals surface area (Å²) in [5.41, 5.74) is 4.22. The number of aryl methyl sites for hydroxylation is 3. The van der Waals surface area contributed by atoms with Gasteiger partial charge in [-0.2, -0.15) is 0 Å². The number of likely N-dealkylation sites (N-methyl/N-ethyl adjacent to an activating group) is 1. The van der Waals surface area contributed by atoms with Gasteiger partial charge in [0.15, 0.2) is 0 Å². The van der Waals surface area contributed by atoms with E-state index in [1.807, 2.05) is 38.1 Å². The van der Waals surface area contributed by atoms with Crippen LogP contribution in [-0.2, 0) is 17.6 Å². The largest absolute Gasteiger partial charge is 0.332 e. The molecule has 1 atom stereocenters. The molecule has 0 fully saturated rings. The molecule has 2 amide bonds. The van der Waals surface area contributed by atoms with Crippen LogP contribution in [0.4, 0.5) is 5.69 Å². The van der Waals surface area contributed by atoms with Crippen LogP contribution in [0, 0.1) is 19.8 Å². The third-order valence-electron chi connectivity index (χ3n) is 4.93. The van der Waals surface area contributed by atoms with Gasteiger partial charge >= 0.3 is 0 Å². The number of anilines is 1. The number of fused-ring (bicyclic) bond motifs is 1. The molecule has 4 nitrogen and oxygen atoms in total. The molecule has 1 heterocycles. The highest BCUT2D eigenvalue weighted by Crippen LogP contribution is 2.32. The summed E-state index contributed by atoms with van der Waals surface area (Å²) < 4.78 is 0. The fraction of sp³-hybridized carbons (Fsp3) is 0.429. The molecular formula is C21H26N2O2S. The summed E-state index contributed by atoms with van der Waals surface area (Å²) in [5, 5.41) is 2.91. The van der Waals surface area contributed by atoms with Crippen molar-refractivity contribution in [2.24, 2.45) is 5.92 Å². The van der Waals surface area contributed by atoms with E-state index < -0.39 is 0 Å². The van der Waals surface area contributed by atoms with Crippen LogP contribution in [0.1, 0.15) is 44.6 Å². The molecule has 0 saturated heterocycles. The van der Waals surface area contributed by atoms with Crippen molar-refractivity contribution in [2.75, 3.05) is 18.9 Å².